The topological polar surface area (TPSA) is 45.0 Å². The molecule has 0 saturated heterocycles. The van der Waals surface area contributed by atoms with Crippen LogP contribution in [-0.2, 0) is 6.42 Å². The Morgan fingerprint density at radius 1 is 1.40 bits per heavy atom. The summed E-state index contributed by atoms with van der Waals surface area (Å²) in [6.07, 6.45) is 6.77. The van der Waals surface area contributed by atoms with Gasteiger partial charge in [-0.25, -0.2) is 0 Å². The van der Waals surface area contributed by atoms with E-state index in [0.29, 0.717) is 6.04 Å². The molecule has 2 aliphatic rings. The van der Waals surface area contributed by atoms with E-state index >= 15 is 0 Å². The molecule has 1 aromatic heterocycles. The largest absolute Gasteiger partial charge is 0.361 e. The molecule has 3 nitrogen and oxygen atoms in total. The van der Waals surface area contributed by atoms with Crippen LogP contribution in [0.4, 0.5) is 0 Å². The minimum atomic E-state index is 0.156. The predicted octanol–water partition coefficient (Wildman–Crippen LogP) is 2.53. The summed E-state index contributed by atoms with van der Waals surface area (Å²) in [4.78, 5) is 5.97. The number of benzene rings is 1. The molecule has 4 rings (SSSR count). The highest BCUT2D eigenvalue weighted by Crippen LogP contribution is 2.40. The molecule has 1 aliphatic heterocycles. The third kappa shape index (κ3) is 1.67. The lowest BCUT2D eigenvalue weighted by Crippen LogP contribution is -2.49. The fraction of sp³-hybridized carbons (Fsp3) is 0.412. The fourth-order valence-electron chi connectivity index (χ4n) is 3.90. The van der Waals surface area contributed by atoms with Crippen molar-refractivity contribution in [3.8, 4) is 0 Å². The number of rotatable bonds is 2. The number of nitrogens with zero attached hydrogens (tertiary/aromatic N) is 1. The lowest BCUT2D eigenvalue weighted by molar-refractivity contribution is 0.219. The van der Waals surface area contributed by atoms with Gasteiger partial charge in [-0.1, -0.05) is 25.1 Å². The van der Waals surface area contributed by atoms with Gasteiger partial charge in [0.15, 0.2) is 0 Å². The average Bonchev–Trinajstić information content (AvgIpc) is 2.85. The van der Waals surface area contributed by atoms with Crippen molar-refractivity contribution in [3.63, 3.8) is 0 Å². The van der Waals surface area contributed by atoms with Crippen LogP contribution in [-0.4, -0.2) is 35.1 Å². The Labute approximate surface area is 119 Å². The maximum atomic E-state index is 6.26. The highest BCUT2D eigenvalue weighted by atomic mass is 15.2. The molecule has 0 radical (unpaired) electrons. The number of hydrogen-bond donors (Lipinski definition) is 2. The molecule has 0 saturated carbocycles. The zero-order valence-electron chi connectivity index (χ0n) is 11.9. The summed E-state index contributed by atoms with van der Waals surface area (Å²) in [7, 11) is 0. The predicted molar refractivity (Wildman–Crippen MR) is 83.6 cm³/mol. The van der Waals surface area contributed by atoms with E-state index in [2.05, 4.69) is 47.3 Å². The lowest BCUT2D eigenvalue weighted by Gasteiger charge is -2.41. The van der Waals surface area contributed by atoms with Crippen LogP contribution in [0.25, 0.3) is 16.5 Å². The maximum absolute atomic E-state index is 6.26. The van der Waals surface area contributed by atoms with E-state index in [1.165, 1.54) is 34.0 Å². The summed E-state index contributed by atoms with van der Waals surface area (Å²) < 4.78 is 0. The Kier molecular flexibility index (Phi) is 2.72. The average molecular weight is 267 g/mol. The summed E-state index contributed by atoms with van der Waals surface area (Å²) >= 11 is 0. The number of nitrogens with two attached hydrogens (primary N) is 1. The smallest absolute Gasteiger partial charge is 0.0462 e. The van der Waals surface area contributed by atoms with Gasteiger partial charge in [0.05, 0.1) is 0 Å². The molecule has 0 spiro atoms. The minimum Gasteiger partial charge on any atom is -0.361 e. The number of H-pyrrole nitrogens is 1. The highest BCUT2D eigenvalue weighted by Gasteiger charge is 2.33. The van der Waals surface area contributed by atoms with E-state index in [1.807, 2.05) is 0 Å². The van der Waals surface area contributed by atoms with Crippen LogP contribution in [0, 0.1) is 0 Å². The second kappa shape index (κ2) is 4.47. The monoisotopic (exact) mass is 267 g/mol. The molecule has 20 heavy (non-hydrogen) atoms. The normalized spacial score (nSPS) is 25.6. The van der Waals surface area contributed by atoms with Crippen LogP contribution in [0.3, 0.4) is 0 Å². The fourth-order valence-corrected chi connectivity index (χ4v) is 3.90. The maximum Gasteiger partial charge on any atom is 0.0462 e. The van der Waals surface area contributed by atoms with Gasteiger partial charge in [0, 0.05) is 35.7 Å². The Morgan fingerprint density at radius 2 is 2.30 bits per heavy atom. The zero-order chi connectivity index (χ0) is 13.7. The second-order valence-corrected chi connectivity index (χ2v) is 6.04. The van der Waals surface area contributed by atoms with Gasteiger partial charge in [-0.3, -0.25) is 4.90 Å². The Hall–Kier alpha value is -1.58. The first kappa shape index (κ1) is 12.2. The van der Waals surface area contributed by atoms with Gasteiger partial charge in [0.2, 0.25) is 0 Å². The molecule has 1 aromatic carbocycles. The summed E-state index contributed by atoms with van der Waals surface area (Å²) in [6.45, 7) is 4.36. The third-order valence-corrected chi connectivity index (χ3v) is 4.66. The molecule has 0 fully saturated rings. The van der Waals surface area contributed by atoms with Crippen molar-refractivity contribution in [2.24, 2.45) is 5.73 Å². The molecule has 0 bridgehead atoms. The van der Waals surface area contributed by atoms with Crippen molar-refractivity contribution in [1.82, 2.24) is 9.88 Å². The van der Waals surface area contributed by atoms with Gasteiger partial charge >= 0.3 is 0 Å². The van der Waals surface area contributed by atoms with Crippen molar-refractivity contribution in [1.29, 1.82) is 0 Å². The summed E-state index contributed by atoms with van der Waals surface area (Å²) in [5.74, 6) is 0. The summed E-state index contributed by atoms with van der Waals surface area (Å²) in [6, 6.07) is 7.22. The number of aromatic amines is 1. The second-order valence-electron chi connectivity index (χ2n) is 6.04. The van der Waals surface area contributed by atoms with Crippen LogP contribution in [0.2, 0.25) is 0 Å². The molecule has 3 N–H and O–H groups in total. The van der Waals surface area contributed by atoms with Crippen molar-refractivity contribution in [3.05, 3.63) is 41.6 Å². The van der Waals surface area contributed by atoms with Gasteiger partial charge in [0.25, 0.3) is 0 Å². The van der Waals surface area contributed by atoms with Crippen LogP contribution < -0.4 is 5.73 Å². The van der Waals surface area contributed by atoms with Gasteiger partial charge < -0.3 is 10.7 Å². The number of fused-ring (bicyclic) bond motifs is 2. The Bertz CT molecular complexity index is 683. The van der Waals surface area contributed by atoms with E-state index in [4.69, 9.17) is 5.73 Å². The molecule has 0 unspecified atom stereocenters. The molecule has 2 heterocycles. The van der Waals surface area contributed by atoms with E-state index in [1.54, 1.807) is 0 Å². The summed E-state index contributed by atoms with van der Waals surface area (Å²) in [5, 5.41) is 1.40. The zero-order valence-corrected chi connectivity index (χ0v) is 11.9. The molecule has 1 aliphatic carbocycles. The van der Waals surface area contributed by atoms with Crippen molar-refractivity contribution in [2.45, 2.75) is 31.8 Å². The van der Waals surface area contributed by atoms with Crippen LogP contribution >= 0.6 is 0 Å². The van der Waals surface area contributed by atoms with E-state index in [0.717, 1.165) is 19.5 Å². The molecule has 3 heteroatoms. The Balaban J connectivity index is 1.89. The molecule has 104 valence electrons. The Morgan fingerprint density at radius 3 is 3.15 bits per heavy atom. The van der Waals surface area contributed by atoms with Crippen LogP contribution in [0.15, 0.2) is 30.5 Å². The first-order chi connectivity index (χ1) is 9.78. The van der Waals surface area contributed by atoms with E-state index in [-0.39, 0.29) is 6.04 Å². The molecule has 0 amide bonds. The number of hydrogen-bond acceptors (Lipinski definition) is 2. The van der Waals surface area contributed by atoms with E-state index < -0.39 is 0 Å². The summed E-state index contributed by atoms with van der Waals surface area (Å²) in [5.41, 5.74) is 11.8. The van der Waals surface area contributed by atoms with Gasteiger partial charge in [-0.05, 0) is 42.2 Å². The van der Waals surface area contributed by atoms with Gasteiger partial charge in [-0.2, -0.15) is 0 Å². The molecular formula is C17H21N3. The van der Waals surface area contributed by atoms with Crippen LogP contribution in [0.5, 0.6) is 0 Å². The van der Waals surface area contributed by atoms with Crippen molar-refractivity contribution >= 4 is 16.5 Å². The van der Waals surface area contributed by atoms with Gasteiger partial charge in [0.1, 0.15) is 0 Å². The van der Waals surface area contributed by atoms with Gasteiger partial charge in [-0.15, -0.1) is 0 Å². The quantitative estimate of drug-likeness (QED) is 0.878. The van der Waals surface area contributed by atoms with E-state index in [9.17, 15) is 0 Å². The number of aromatic nitrogens is 1. The molecular weight excluding hydrogens is 246 g/mol. The van der Waals surface area contributed by atoms with Crippen LogP contribution in [0.1, 0.15) is 24.5 Å². The minimum absolute atomic E-state index is 0.156. The standard InChI is InChI=1S/C17H21N3/c1-2-6-20-10-12(18)8-14-13-4-3-5-15-17(13)11(9-19-15)7-16(14)20/h3-5,8-9,12,16,19H,2,6-7,10,18H2,1H3/t12-,16+/m0/s1. The van der Waals surface area contributed by atoms with Crippen molar-refractivity contribution in [2.75, 3.05) is 13.1 Å². The molecule has 2 atom stereocenters. The number of nitrogens with one attached hydrogen (secondary N) is 1. The third-order valence-electron chi connectivity index (χ3n) is 4.66. The molecule has 2 aromatic rings. The first-order valence-electron chi connectivity index (χ1n) is 7.58. The first-order valence-corrected chi connectivity index (χ1v) is 7.58. The lowest BCUT2D eigenvalue weighted by atomic mass is 9.81. The van der Waals surface area contributed by atoms with Crippen molar-refractivity contribution < 1.29 is 0 Å². The SMILES string of the molecule is CCCN1C[C@@H](N)C=C2c3cccc4[nH]cc(c34)C[C@H]21. The highest BCUT2D eigenvalue weighted by molar-refractivity contribution is 5.98.